The highest BCUT2D eigenvalue weighted by molar-refractivity contribution is 5.41. The van der Waals surface area contributed by atoms with Crippen molar-refractivity contribution in [2.24, 2.45) is 5.73 Å². The summed E-state index contributed by atoms with van der Waals surface area (Å²) in [6, 6.07) is 10.8. The molecule has 18 heavy (non-hydrogen) atoms. The van der Waals surface area contributed by atoms with Crippen LogP contribution in [0.15, 0.2) is 36.4 Å². The predicted molar refractivity (Wildman–Crippen MR) is 70.3 cm³/mol. The van der Waals surface area contributed by atoms with Gasteiger partial charge in [-0.3, -0.25) is 0 Å². The average molecular weight is 245 g/mol. The Labute approximate surface area is 106 Å². The largest absolute Gasteiger partial charge is 0.454 e. The van der Waals surface area contributed by atoms with Gasteiger partial charge in [0.15, 0.2) is 11.6 Å². The molecule has 0 amide bonds. The van der Waals surface area contributed by atoms with Gasteiger partial charge in [0, 0.05) is 6.54 Å². The van der Waals surface area contributed by atoms with Crippen LogP contribution in [0.3, 0.4) is 0 Å². The number of halogens is 1. The molecule has 0 aliphatic heterocycles. The number of ether oxygens (including phenoxy) is 1. The zero-order valence-corrected chi connectivity index (χ0v) is 10.5. The summed E-state index contributed by atoms with van der Waals surface area (Å²) in [4.78, 5) is 0. The molecule has 0 aliphatic rings. The van der Waals surface area contributed by atoms with Crippen LogP contribution in [0.2, 0.25) is 0 Å². The van der Waals surface area contributed by atoms with E-state index in [1.165, 1.54) is 0 Å². The zero-order chi connectivity index (χ0) is 13.1. The smallest absolute Gasteiger partial charge is 0.168 e. The predicted octanol–water partition coefficient (Wildman–Crippen LogP) is 3.69. The van der Waals surface area contributed by atoms with Gasteiger partial charge in [0.05, 0.1) is 0 Å². The maximum atomic E-state index is 13.9. The normalized spacial score (nSPS) is 10.4. The molecule has 2 aromatic carbocycles. The minimum absolute atomic E-state index is 0.243. The number of benzene rings is 2. The molecule has 2 nitrogen and oxygen atoms in total. The highest BCUT2D eigenvalue weighted by atomic mass is 19.1. The summed E-state index contributed by atoms with van der Waals surface area (Å²) in [5, 5.41) is 0. The van der Waals surface area contributed by atoms with Crippen molar-refractivity contribution < 1.29 is 9.13 Å². The summed E-state index contributed by atoms with van der Waals surface area (Å²) in [5.41, 5.74) is 8.07. The molecule has 0 saturated carbocycles. The lowest BCUT2D eigenvalue weighted by Crippen LogP contribution is -1.98. The zero-order valence-electron chi connectivity index (χ0n) is 10.5. The Balaban J connectivity index is 2.36. The highest BCUT2D eigenvalue weighted by Gasteiger charge is 2.09. The van der Waals surface area contributed by atoms with Gasteiger partial charge in [0.25, 0.3) is 0 Å². The average Bonchev–Trinajstić information content (AvgIpc) is 2.37. The van der Waals surface area contributed by atoms with Gasteiger partial charge in [-0.05, 0) is 42.7 Å². The highest BCUT2D eigenvalue weighted by Crippen LogP contribution is 2.29. The fraction of sp³-hybridized carbons (Fsp3) is 0.200. The van der Waals surface area contributed by atoms with Crippen molar-refractivity contribution in [2.45, 2.75) is 20.4 Å². The van der Waals surface area contributed by atoms with Gasteiger partial charge in [-0.15, -0.1) is 0 Å². The van der Waals surface area contributed by atoms with Crippen molar-refractivity contribution in [1.29, 1.82) is 0 Å². The maximum absolute atomic E-state index is 13.9. The third-order valence-electron chi connectivity index (χ3n) is 2.86. The van der Waals surface area contributed by atoms with Crippen LogP contribution in [-0.4, -0.2) is 0 Å². The number of hydrogen-bond acceptors (Lipinski definition) is 2. The Hall–Kier alpha value is -1.87. The quantitative estimate of drug-likeness (QED) is 0.895. The van der Waals surface area contributed by atoms with Crippen LogP contribution in [0.25, 0.3) is 0 Å². The van der Waals surface area contributed by atoms with Crippen molar-refractivity contribution >= 4 is 0 Å². The number of nitrogens with two attached hydrogens (primary N) is 1. The fourth-order valence-corrected chi connectivity index (χ4v) is 1.70. The fourth-order valence-electron chi connectivity index (χ4n) is 1.70. The Bertz CT molecular complexity index is 566. The topological polar surface area (TPSA) is 35.2 Å². The van der Waals surface area contributed by atoms with Gasteiger partial charge in [-0.25, -0.2) is 4.39 Å². The number of hydrogen-bond donors (Lipinski definition) is 1. The van der Waals surface area contributed by atoms with Crippen molar-refractivity contribution in [1.82, 2.24) is 0 Å². The minimum atomic E-state index is -0.324. The first-order valence-corrected chi connectivity index (χ1v) is 5.84. The minimum Gasteiger partial charge on any atom is -0.454 e. The molecule has 2 N–H and O–H groups in total. The third kappa shape index (κ3) is 2.51. The molecular formula is C15H16FNO. The van der Waals surface area contributed by atoms with Gasteiger partial charge in [0.2, 0.25) is 0 Å². The van der Waals surface area contributed by atoms with E-state index in [2.05, 4.69) is 0 Å². The van der Waals surface area contributed by atoms with Crippen molar-refractivity contribution in [3.8, 4) is 11.5 Å². The Morgan fingerprint density at radius 1 is 1.06 bits per heavy atom. The van der Waals surface area contributed by atoms with Crippen LogP contribution in [0.5, 0.6) is 11.5 Å². The molecule has 2 rings (SSSR count). The van der Waals surface area contributed by atoms with Crippen LogP contribution in [0.1, 0.15) is 16.7 Å². The molecule has 0 bridgehead atoms. The molecule has 0 saturated heterocycles. The van der Waals surface area contributed by atoms with E-state index in [1.54, 1.807) is 25.1 Å². The van der Waals surface area contributed by atoms with E-state index in [-0.39, 0.29) is 11.6 Å². The third-order valence-corrected chi connectivity index (χ3v) is 2.86. The summed E-state index contributed by atoms with van der Waals surface area (Å²) < 4.78 is 19.5. The van der Waals surface area contributed by atoms with Gasteiger partial charge in [-0.2, -0.15) is 0 Å². The van der Waals surface area contributed by atoms with Crippen LogP contribution >= 0.6 is 0 Å². The van der Waals surface area contributed by atoms with Gasteiger partial charge >= 0.3 is 0 Å². The second-order valence-corrected chi connectivity index (χ2v) is 4.29. The summed E-state index contributed by atoms with van der Waals surface area (Å²) in [6.07, 6.45) is 0. The molecule has 0 aliphatic carbocycles. The Morgan fingerprint density at radius 2 is 1.83 bits per heavy atom. The van der Waals surface area contributed by atoms with Gasteiger partial charge in [-0.1, -0.05) is 24.3 Å². The van der Waals surface area contributed by atoms with Crippen LogP contribution in [0, 0.1) is 19.7 Å². The van der Waals surface area contributed by atoms with E-state index < -0.39 is 0 Å². The lowest BCUT2D eigenvalue weighted by atomic mass is 10.1. The molecule has 3 heteroatoms. The second-order valence-electron chi connectivity index (χ2n) is 4.29. The van der Waals surface area contributed by atoms with Crippen LogP contribution < -0.4 is 10.5 Å². The van der Waals surface area contributed by atoms with Crippen molar-refractivity contribution in [3.05, 3.63) is 58.9 Å². The first kappa shape index (κ1) is 12.6. The molecule has 0 spiro atoms. The first-order chi connectivity index (χ1) is 8.61. The van der Waals surface area contributed by atoms with E-state index in [1.807, 2.05) is 25.1 Å². The molecule has 0 aromatic heterocycles. The summed E-state index contributed by atoms with van der Waals surface area (Å²) in [5.74, 6) is 0.560. The Morgan fingerprint density at radius 3 is 2.56 bits per heavy atom. The Kier molecular flexibility index (Phi) is 3.63. The molecule has 0 radical (unpaired) electrons. The van der Waals surface area contributed by atoms with Gasteiger partial charge in [0.1, 0.15) is 5.75 Å². The van der Waals surface area contributed by atoms with Gasteiger partial charge < -0.3 is 10.5 Å². The van der Waals surface area contributed by atoms with Crippen molar-refractivity contribution in [2.75, 3.05) is 0 Å². The van der Waals surface area contributed by atoms with E-state index in [9.17, 15) is 4.39 Å². The SMILES string of the molecule is Cc1ccc(CN)cc1Oc1cccc(C)c1F. The molecule has 0 atom stereocenters. The second kappa shape index (κ2) is 5.19. The lowest BCUT2D eigenvalue weighted by Gasteiger charge is -2.11. The maximum Gasteiger partial charge on any atom is 0.168 e. The molecule has 0 unspecified atom stereocenters. The van der Waals surface area contributed by atoms with E-state index in [4.69, 9.17) is 10.5 Å². The summed E-state index contributed by atoms with van der Waals surface area (Å²) in [7, 11) is 0. The molecule has 0 heterocycles. The monoisotopic (exact) mass is 245 g/mol. The summed E-state index contributed by atoms with van der Waals surface area (Å²) >= 11 is 0. The van der Waals surface area contributed by atoms with E-state index in [0.29, 0.717) is 17.9 Å². The van der Waals surface area contributed by atoms with Crippen LogP contribution in [0.4, 0.5) is 4.39 Å². The van der Waals surface area contributed by atoms with E-state index >= 15 is 0 Å². The standard InChI is InChI=1S/C15H16FNO/c1-10-6-7-12(9-17)8-14(10)18-13-5-3-4-11(2)15(13)16/h3-8H,9,17H2,1-2H3. The number of aryl methyl sites for hydroxylation is 2. The van der Waals surface area contributed by atoms with Crippen LogP contribution in [-0.2, 0) is 6.54 Å². The lowest BCUT2D eigenvalue weighted by molar-refractivity contribution is 0.437. The molecule has 0 fully saturated rings. The first-order valence-electron chi connectivity index (χ1n) is 5.84. The summed E-state index contributed by atoms with van der Waals surface area (Å²) in [6.45, 7) is 4.07. The van der Waals surface area contributed by atoms with E-state index in [0.717, 1.165) is 11.1 Å². The molecular weight excluding hydrogens is 229 g/mol. The molecule has 94 valence electrons. The molecule has 2 aromatic rings. The number of rotatable bonds is 3. The van der Waals surface area contributed by atoms with Crippen molar-refractivity contribution in [3.63, 3.8) is 0 Å².